The Kier molecular flexibility index (Phi) is 4.58. The van der Waals surface area contributed by atoms with Gasteiger partial charge in [0.15, 0.2) is 0 Å². The summed E-state index contributed by atoms with van der Waals surface area (Å²) in [6.45, 7) is 1.41. The number of aromatic nitrogens is 5. The van der Waals surface area contributed by atoms with Gasteiger partial charge in [-0.2, -0.15) is 18.3 Å². The summed E-state index contributed by atoms with van der Waals surface area (Å²) < 4.78 is 39.9. The van der Waals surface area contributed by atoms with Gasteiger partial charge in [0.2, 0.25) is 0 Å². The maximum Gasteiger partial charge on any atom is 0.433 e. The second-order valence-corrected chi connectivity index (χ2v) is 6.76. The maximum absolute atomic E-state index is 12.7. The number of H-pyrrole nitrogens is 1. The second-order valence-electron chi connectivity index (χ2n) is 6.39. The lowest BCUT2D eigenvalue weighted by molar-refractivity contribution is -0.141. The lowest BCUT2D eigenvalue weighted by atomic mass is 10.1. The predicted molar refractivity (Wildman–Crippen MR) is 95.2 cm³/mol. The lowest BCUT2D eigenvalue weighted by Crippen LogP contribution is -2.33. The van der Waals surface area contributed by atoms with Crippen molar-refractivity contribution in [3.8, 4) is 0 Å². The Morgan fingerprint density at radius 1 is 1.21 bits per heavy atom. The van der Waals surface area contributed by atoms with Gasteiger partial charge in [0.05, 0.1) is 42.7 Å². The summed E-state index contributed by atoms with van der Waals surface area (Å²) in [5.41, 5.74) is 1.58. The molecule has 0 radical (unpaired) electrons. The first kappa shape index (κ1) is 18.5. The number of fused-ring (bicyclic) bond motifs is 1. The highest BCUT2D eigenvalue weighted by molar-refractivity contribution is 6.32. The quantitative estimate of drug-likeness (QED) is 0.718. The molecule has 0 aliphatic carbocycles. The number of pyridine rings is 1. The van der Waals surface area contributed by atoms with Gasteiger partial charge in [-0.25, -0.2) is 10.1 Å². The van der Waals surface area contributed by atoms with Gasteiger partial charge in [-0.1, -0.05) is 17.7 Å². The van der Waals surface area contributed by atoms with E-state index in [9.17, 15) is 18.0 Å². The molecule has 1 N–H and O–H groups in total. The number of hydrogen-bond acceptors (Lipinski definition) is 5. The van der Waals surface area contributed by atoms with Gasteiger partial charge >= 0.3 is 6.18 Å². The van der Waals surface area contributed by atoms with Crippen LogP contribution in [0.5, 0.6) is 0 Å². The number of rotatable bonds is 3. The third-order valence-electron chi connectivity index (χ3n) is 4.58. The van der Waals surface area contributed by atoms with Crippen LogP contribution in [0.4, 0.5) is 18.9 Å². The first-order valence-corrected chi connectivity index (χ1v) is 8.74. The summed E-state index contributed by atoms with van der Waals surface area (Å²) >= 11 is 6.10. The Balaban J connectivity index is 1.57. The molecular weight excluding hydrogens is 397 g/mol. The molecule has 0 unspecified atom stereocenters. The zero-order valence-electron chi connectivity index (χ0n) is 14.4. The molecule has 3 aromatic heterocycles. The molecule has 11 heteroatoms. The van der Waals surface area contributed by atoms with Crippen molar-refractivity contribution >= 4 is 17.3 Å². The minimum atomic E-state index is -4.46. The molecule has 1 aliphatic rings. The van der Waals surface area contributed by atoms with E-state index >= 15 is 0 Å². The third kappa shape index (κ3) is 3.47. The Bertz CT molecular complexity index is 1060. The molecule has 28 heavy (non-hydrogen) atoms. The molecular formula is C17H14ClF3N6O. The number of imidazole rings is 1. The topological polar surface area (TPSA) is 79.7 Å². The van der Waals surface area contributed by atoms with Gasteiger partial charge in [0, 0.05) is 19.2 Å². The maximum atomic E-state index is 12.7. The predicted octanol–water partition coefficient (Wildman–Crippen LogP) is 2.64. The molecule has 0 bridgehead atoms. The fourth-order valence-corrected chi connectivity index (χ4v) is 3.37. The number of hydrogen-bond donors (Lipinski definition) is 1. The molecule has 1 aliphatic heterocycles. The van der Waals surface area contributed by atoms with E-state index in [1.54, 1.807) is 6.33 Å². The summed E-state index contributed by atoms with van der Waals surface area (Å²) in [7, 11) is 0. The summed E-state index contributed by atoms with van der Waals surface area (Å²) in [4.78, 5) is 21.5. The summed E-state index contributed by atoms with van der Waals surface area (Å²) in [6, 6.07) is 2.37. The lowest BCUT2D eigenvalue weighted by Gasteiger charge is -2.29. The Labute approximate surface area is 161 Å². The molecule has 0 atom stereocenters. The highest BCUT2D eigenvalue weighted by Crippen LogP contribution is 2.29. The average molecular weight is 411 g/mol. The smallest absolute Gasteiger partial charge is 0.363 e. The second kappa shape index (κ2) is 6.93. The summed E-state index contributed by atoms with van der Waals surface area (Å²) in [5, 5.41) is 6.15. The van der Waals surface area contributed by atoms with Crippen molar-refractivity contribution in [1.82, 2.24) is 24.7 Å². The van der Waals surface area contributed by atoms with Crippen molar-refractivity contribution in [3.05, 3.63) is 68.9 Å². The average Bonchev–Trinajstić information content (AvgIpc) is 3.06. The summed E-state index contributed by atoms with van der Waals surface area (Å²) in [6.07, 6.45) is 0.552. The molecule has 4 rings (SSSR count). The van der Waals surface area contributed by atoms with Crippen LogP contribution in [0.1, 0.15) is 22.6 Å². The number of alkyl halides is 3. The molecule has 3 aromatic rings. The van der Waals surface area contributed by atoms with E-state index in [0.717, 1.165) is 17.5 Å². The highest BCUT2D eigenvalue weighted by atomic mass is 35.5. The Morgan fingerprint density at radius 3 is 2.75 bits per heavy atom. The zero-order valence-corrected chi connectivity index (χ0v) is 15.1. The van der Waals surface area contributed by atoms with Gasteiger partial charge in [0.1, 0.15) is 10.7 Å². The number of aromatic amines is 1. The van der Waals surface area contributed by atoms with Gasteiger partial charge in [-0.3, -0.25) is 9.78 Å². The van der Waals surface area contributed by atoms with E-state index in [-0.39, 0.29) is 5.02 Å². The monoisotopic (exact) mass is 410 g/mol. The SMILES string of the molecule is O=c1[nH]ncc(N2CCc3ncn(Cc4ccc(C(F)(F)F)nc4)c3C2)c1Cl. The van der Waals surface area contributed by atoms with Crippen LogP contribution in [0.15, 0.2) is 35.6 Å². The molecule has 0 amide bonds. The molecule has 4 heterocycles. The van der Waals surface area contributed by atoms with Crippen molar-refractivity contribution in [2.24, 2.45) is 0 Å². The summed E-state index contributed by atoms with van der Waals surface area (Å²) in [5.74, 6) is 0. The van der Waals surface area contributed by atoms with Gasteiger partial charge in [-0.15, -0.1) is 0 Å². The molecule has 0 saturated heterocycles. The van der Waals surface area contributed by atoms with Crippen LogP contribution in [0.3, 0.4) is 0 Å². The zero-order chi connectivity index (χ0) is 19.9. The van der Waals surface area contributed by atoms with E-state index in [0.29, 0.717) is 37.3 Å². The van der Waals surface area contributed by atoms with E-state index < -0.39 is 17.4 Å². The first-order valence-electron chi connectivity index (χ1n) is 8.36. The Morgan fingerprint density at radius 2 is 2.04 bits per heavy atom. The fourth-order valence-electron chi connectivity index (χ4n) is 3.16. The minimum absolute atomic E-state index is 0.0662. The van der Waals surface area contributed by atoms with E-state index in [1.165, 1.54) is 18.5 Å². The largest absolute Gasteiger partial charge is 0.433 e. The molecule has 7 nitrogen and oxygen atoms in total. The van der Waals surface area contributed by atoms with Crippen molar-refractivity contribution in [1.29, 1.82) is 0 Å². The van der Waals surface area contributed by atoms with Gasteiger partial charge in [0.25, 0.3) is 5.56 Å². The standard InChI is InChI=1S/C17H14ClF3N6O/c18-15-12(6-24-25-16(15)28)26-4-3-11-13(8-26)27(9-23-11)7-10-1-2-14(22-5-10)17(19,20)21/h1-2,5-6,9H,3-4,7-8H2,(H,25,28). The molecule has 0 spiro atoms. The number of halogens is 4. The van der Waals surface area contributed by atoms with Crippen molar-refractivity contribution < 1.29 is 13.2 Å². The van der Waals surface area contributed by atoms with Crippen LogP contribution in [0.25, 0.3) is 0 Å². The van der Waals surface area contributed by atoms with Crippen LogP contribution in [0, 0.1) is 0 Å². The van der Waals surface area contributed by atoms with Crippen molar-refractivity contribution in [3.63, 3.8) is 0 Å². The van der Waals surface area contributed by atoms with Gasteiger partial charge in [-0.05, 0) is 11.6 Å². The molecule has 0 fully saturated rings. The molecule has 0 aromatic carbocycles. The van der Waals surface area contributed by atoms with E-state index in [1.807, 2.05) is 9.47 Å². The normalized spacial score (nSPS) is 14.2. The molecule has 146 valence electrons. The number of nitrogens with zero attached hydrogens (tertiary/aromatic N) is 5. The van der Waals surface area contributed by atoms with Crippen LogP contribution in [0.2, 0.25) is 5.02 Å². The number of anilines is 1. The number of nitrogens with one attached hydrogen (secondary N) is 1. The molecule has 0 saturated carbocycles. The van der Waals surface area contributed by atoms with Crippen molar-refractivity contribution in [2.45, 2.75) is 25.7 Å². The third-order valence-corrected chi connectivity index (χ3v) is 4.94. The van der Waals surface area contributed by atoms with E-state index in [2.05, 4.69) is 20.2 Å². The van der Waals surface area contributed by atoms with Crippen molar-refractivity contribution in [2.75, 3.05) is 11.4 Å². The van der Waals surface area contributed by atoms with Crippen LogP contribution < -0.4 is 10.5 Å². The highest BCUT2D eigenvalue weighted by Gasteiger charge is 2.32. The van der Waals surface area contributed by atoms with E-state index in [4.69, 9.17) is 11.6 Å². The van der Waals surface area contributed by atoms with Crippen LogP contribution >= 0.6 is 11.6 Å². The van der Waals surface area contributed by atoms with Crippen LogP contribution in [-0.4, -0.2) is 31.3 Å². The Hall–Kier alpha value is -2.88. The van der Waals surface area contributed by atoms with Gasteiger partial charge < -0.3 is 9.47 Å². The first-order chi connectivity index (χ1) is 13.3. The van der Waals surface area contributed by atoms with Crippen LogP contribution in [-0.2, 0) is 25.7 Å². The minimum Gasteiger partial charge on any atom is -0.363 e. The fraction of sp³-hybridized carbons (Fsp3) is 0.294.